The molecule has 2 aliphatic rings. The number of alkyl halides is 3. The summed E-state index contributed by atoms with van der Waals surface area (Å²) in [5.74, 6) is -1.22. The highest BCUT2D eigenvalue weighted by Gasteiger charge is 2.48. The molecule has 0 aromatic carbocycles. The van der Waals surface area contributed by atoms with Crippen LogP contribution in [0.15, 0.2) is 37.1 Å². The minimum Gasteiger partial charge on any atom is -0.474 e. The fraction of sp³-hybridized carbons (Fsp3) is 0.517. The smallest absolute Gasteiger partial charge is 0.451 e. The number of aromatic amines is 1. The first-order chi connectivity index (χ1) is 20.8. The van der Waals surface area contributed by atoms with Crippen molar-refractivity contribution in [3.63, 3.8) is 0 Å². The first kappa shape index (κ1) is 29.0. The van der Waals surface area contributed by atoms with Gasteiger partial charge in [-0.1, -0.05) is 6.92 Å². The second-order valence-electron chi connectivity index (χ2n) is 11.3. The van der Waals surface area contributed by atoms with Gasteiger partial charge in [-0.2, -0.15) is 28.5 Å². The van der Waals surface area contributed by atoms with Gasteiger partial charge in [0, 0.05) is 55.1 Å². The standard InChI is InChI=1S/C29H33F3N10O/c1-2-10-34-14-20-12-24(40-27(39-20)29(30,31)32)43-22-5-3-21(4-6-22)41-16-28(17-41,8-9-33)42-15-19(13-38-42)25-23-7-11-35-26(23)37-18-36-25/h7,11-13,15,18,21-22,34H,2-6,8,10,14,16-17H2,1H3,(H,35,36,37)/t21-,22+. The minimum absolute atomic E-state index is 0.0360. The van der Waals surface area contributed by atoms with Gasteiger partial charge in [0.15, 0.2) is 0 Å². The lowest BCUT2D eigenvalue weighted by atomic mass is 9.82. The number of halogens is 3. The maximum absolute atomic E-state index is 13.4. The first-order valence-corrected chi connectivity index (χ1v) is 14.5. The van der Waals surface area contributed by atoms with Crippen LogP contribution >= 0.6 is 0 Å². The maximum Gasteiger partial charge on any atom is 0.451 e. The summed E-state index contributed by atoms with van der Waals surface area (Å²) in [7, 11) is 0. The van der Waals surface area contributed by atoms with E-state index in [0.29, 0.717) is 44.9 Å². The third-order valence-corrected chi connectivity index (χ3v) is 8.29. The molecule has 1 aliphatic heterocycles. The molecule has 1 saturated carbocycles. The Morgan fingerprint density at radius 3 is 2.74 bits per heavy atom. The van der Waals surface area contributed by atoms with Gasteiger partial charge in [-0.3, -0.25) is 9.58 Å². The first-order valence-electron chi connectivity index (χ1n) is 14.5. The Hall–Kier alpha value is -4.09. The Morgan fingerprint density at radius 2 is 2.00 bits per heavy atom. The fourth-order valence-electron chi connectivity index (χ4n) is 6.10. The third kappa shape index (κ3) is 6.05. The van der Waals surface area contributed by atoms with Gasteiger partial charge in [-0.05, 0) is 44.7 Å². The highest BCUT2D eigenvalue weighted by molar-refractivity contribution is 5.90. The number of hydrogen-bond donors (Lipinski definition) is 2. The van der Waals surface area contributed by atoms with Crippen molar-refractivity contribution in [3.8, 4) is 23.2 Å². The van der Waals surface area contributed by atoms with Crippen LogP contribution in [0.2, 0.25) is 0 Å². The molecule has 0 amide bonds. The Bertz CT molecular complexity index is 1600. The number of nitriles is 1. The summed E-state index contributed by atoms with van der Waals surface area (Å²) in [6.07, 6.45) is 6.48. The molecule has 11 nitrogen and oxygen atoms in total. The molecule has 1 saturated heterocycles. The molecule has 0 atom stereocenters. The number of likely N-dealkylation sites (tertiary alicyclic amines) is 1. The van der Waals surface area contributed by atoms with E-state index in [0.717, 1.165) is 41.6 Å². The molecule has 0 spiro atoms. The summed E-state index contributed by atoms with van der Waals surface area (Å²) < 4.78 is 48.2. The van der Waals surface area contributed by atoms with Crippen LogP contribution < -0.4 is 10.1 Å². The second-order valence-corrected chi connectivity index (χ2v) is 11.3. The molecule has 226 valence electrons. The number of aromatic nitrogens is 7. The van der Waals surface area contributed by atoms with Crippen LogP contribution in [0.3, 0.4) is 0 Å². The molecule has 2 fully saturated rings. The number of fused-ring (bicyclic) bond motifs is 1. The van der Waals surface area contributed by atoms with Crippen molar-refractivity contribution in [2.75, 3.05) is 19.6 Å². The molecule has 0 unspecified atom stereocenters. The normalized spacial score (nSPS) is 20.5. The lowest BCUT2D eigenvalue weighted by Gasteiger charge is -2.53. The van der Waals surface area contributed by atoms with E-state index in [1.165, 1.54) is 12.4 Å². The lowest BCUT2D eigenvalue weighted by Crippen LogP contribution is -2.65. The number of hydrogen-bond acceptors (Lipinski definition) is 9. The van der Waals surface area contributed by atoms with E-state index in [-0.39, 0.29) is 24.2 Å². The largest absolute Gasteiger partial charge is 0.474 e. The van der Waals surface area contributed by atoms with Gasteiger partial charge in [0.25, 0.3) is 0 Å². The van der Waals surface area contributed by atoms with Crippen LogP contribution in [-0.4, -0.2) is 71.4 Å². The molecule has 4 aromatic heterocycles. The molecule has 5 heterocycles. The monoisotopic (exact) mass is 594 g/mol. The van der Waals surface area contributed by atoms with E-state index in [2.05, 4.69) is 46.3 Å². The van der Waals surface area contributed by atoms with Gasteiger partial charge >= 0.3 is 6.18 Å². The summed E-state index contributed by atoms with van der Waals surface area (Å²) in [6.45, 7) is 4.26. The van der Waals surface area contributed by atoms with Crippen LogP contribution in [0.4, 0.5) is 13.2 Å². The highest BCUT2D eigenvalue weighted by Crippen LogP contribution is 2.39. The van der Waals surface area contributed by atoms with Crippen molar-refractivity contribution in [3.05, 3.63) is 48.6 Å². The van der Waals surface area contributed by atoms with Crippen molar-refractivity contribution in [1.29, 1.82) is 5.26 Å². The van der Waals surface area contributed by atoms with Gasteiger partial charge < -0.3 is 15.0 Å². The number of nitrogens with zero attached hydrogens (tertiary/aromatic N) is 8. The van der Waals surface area contributed by atoms with E-state index in [9.17, 15) is 18.4 Å². The molecule has 14 heteroatoms. The molecule has 1 aliphatic carbocycles. The quantitative estimate of drug-likeness (QED) is 0.256. The SMILES string of the molecule is CCCNCc1cc(O[C@H]2CC[C@@H](N3CC(CC#N)(n4cc(-c5ncnc6[nH]ccc56)cn4)C3)CC2)nc(C(F)(F)F)n1. The third-order valence-electron chi connectivity index (χ3n) is 8.29. The second kappa shape index (κ2) is 11.9. The predicted octanol–water partition coefficient (Wildman–Crippen LogP) is 4.44. The van der Waals surface area contributed by atoms with E-state index >= 15 is 0 Å². The zero-order chi connectivity index (χ0) is 30.0. The Morgan fingerprint density at radius 1 is 1.19 bits per heavy atom. The fourth-order valence-corrected chi connectivity index (χ4v) is 6.10. The summed E-state index contributed by atoms with van der Waals surface area (Å²) in [6, 6.07) is 6.07. The Labute approximate surface area is 246 Å². The number of nitrogens with one attached hydrogen (secondary N) is 2. The van der Waals surface area contributed by atoms with Gasteiger partial charge in [-0.15, -0.1) is 0 Å². The average Bonchev–Trinajstić information content (AvgIpc) is 3.65. The molecular formula is C29H33F3N10O. The van der Waals surface area contributed by atoms with Gasteiger partial charge in [0.2, 0.25) is 11.7 Å². The van der Waals surface area contributed by atoms with Gasteiger partial charge in [0.05, 0.1) is 30.1 Å². The molecule has 43 heavy (non-hydrogen) atoms. The lowest BCUT2D eigenvalue weighted by molar-refractivity contribution is -0.145. The summed E-state index contributed by atoms with van der Waals surface area (Å²) >= 11 is 0. The minimum atomic E-state index is -4.65. The summed E-state index contributed by atoms with van der Waals surface area (Å²) in [4.78, 5) is 21.5. The number of ether oxygens (including phenoxy) is 1. The number of H-pyrrole nitrogens is 1. The van der Waals surface area contributed by atoms with Crippen LogP contribution in [0.25, 0.3) is 22.3 Å². The highest BCUT2D eigenvalue weighted by atomic mass is 19.4. The molecule has 2 N–H and O–H groups in total. The van der Waals surface area contributed by atoms with E-state index in [1.54, 1.807) is 6.20 Å². The number of rotatable bonds is 10. The van der Waals surface area contributed by atoms with Crippen LogP contribution in [0.5, 0.6) is 5.88 Å². The Balaban J connectivity index is 1.08. The zero-order valence-electron chi connectivity index (χ0n) is 23.8. The summed E-state index contributed by atoms with van der Waals surface area (Å²) in [5.41, 5.74) is 2.23. The van der Waals surface area contributed by atoms with Crippen molar-refractivity contribution in [2.45, 2.75) is 75.9 Å². The van der Waals surface area contributed by atoms with Gasteiger partial charge in [0.1, 0.15) is 23.6 Å². The van der Waals surface area contributed by atoms with Crippen molar-refractivity contribution in [1.82, 2.24) is 44.9 Å². The molecular weight excluding hydrogens is 561 g/mol. The van der Waals surface area contributed by atoms with Crippen molar-refractivity contribution < 1.29 is 17.9 Å². The molecule has 0 bridgehead atoms. The van der Waals surface area contributed by atoms with Gasteiger partial charge in [-0.25, -0.2) is 15.0 Å². The molecule has 0 radical (unpaired) electrons. The summed E-state index contributed by atoms with van der Waals surface area (Å²) in [5, 5.41) is 18.3. The molecule has 4 aromatic rings. The average molecular weight is 595 g/mol. The molecule has 6 rings (SSSR count). The maximum atomic E-state index is 13.4. The van der Waals surface area contributed by atoms with Crippen LogP contribution in [-0.2, 0) is 18.3 Å². The van der Waals surface area contributed by atoms with Crippen LogP contribution in [0.1, 0.15) is 57.0 Å². The van der Waals surface area contributed by atoms with Crippen molar-refractivity contribution in [2.24, 2.45) is 0 Å². The topological polar surface area (TPSA) is 133 Å². The van der Waals surface area contributed by atoms with E-state index < -0.39 is 17.5 Å². The van der Waals surface area contributed by atoms with Crippen LogP contribution in [0, 0.1) is 11.3 Å². The van der Waals surface area contributed by atoms with E-state index in [4.69, 9.17) is 4.74 Å². The van der Waals surface area contributed by atoms with E-state index in [1.807, 2.05) is 30.1 Å². The zero-order valence-corrected chi connectivity index (χ0v) is 23.8. The Kier molecular flexibility index (Phi) is 8.02. The predicted molar refractivity (Wildman–Crippen MR) is 151 cm³/mol. The van der Waals surface area contributed by atoms with Crippen molar-refractivity contribution >= 4 is 11.0 Å².